The predicted octanol–water partition coefficient (Wildman–Crippen LogP) is 4.32. The van der Waals surface area contributed by atoms with Crippen LogP contribution in [0.3, 0.4) is 0 Å². The number of carbonyl (C=O) groups is 1. The van der Waals surface area contributed by atoms with Crippen LogP contribution in [0, 0.1) is 6.92 Å². The number of sulfonamides is 1. The number of nitrogens with one attached hydrogen (secondary N) is 1. The molecule has 3 rings (SSSR count). The molecule has 166 valence electrons. The number of hydrogen-bond acceptors (Lipinski definition) is 4. The maximum absolute atomic E-state index is 13.3. The van der Waals surface area contributed by atoms with Crippen molar-refractivity contribution < 1.29 is 13.2 Å². The van der Waals surface area contributed by atoms with Gasteiger partial charge in [-0.05, 0) is 56.5 Å². The van der Waals surface area contributed by atoms with Crippen LogP contribution in [-0.2, 0) is 21.2 Å². The van der Waals surface area contributed by atoms with Crippen LogP contribution in [-0.4, -0.2) is 26.6 Å². The van der Waals surface area contributed by atoms with Gasteiger partial charge in [-0.3, -0.25) is 9.10 Å². The molecule has 0 bridgehead atoms. The van der Waals surface area contributed by atoms with E-state index in [0.29, 0.717) is 12.1 Å². The molecule has 0 spiro atoms. The molecule has 0 fully saturated rings. The Hall–Kier alpha value is -3.45. The minimum atomic E-state index is -3.92. The number of hydrogen-bond donors (Lipinski definition) is 1. The van der Waals surface area contributed by atoms with Gasteiger partial charge in [0.05, 0.1) is 10.6 Å². The van der Waals surface area contributed by atoms with E-state index in [4.69, 9.17) is 0 Å². The average Bonchev–Trinajstić information content (AvgIpc) is 2.81. The van der Waals surface area contributed by atoms with Crippen molar-refractivity contribution in [2.75, 3.05) is 10.8 Å². The van der Waals surface area contributed by atoms with Crippen LogP contribution < -0.4 is 9.73 Å². The van der Waals surface area contributed by atoms with Gasteiger partial charge in [-0.1, -0.05) is 66.2 Å². The summed E-state index contributed by atoms with van der Waals surface area (Å²) in [7, 11) is -3.92. The summed E-state index contributed by atoms with van der Waals surface area (Å²) in [6.45, 7) is 3.37. The van der Waals surface area contributed by atoms with Crippen molar-refractivity contribution in [2.24, 2.45) is 5.10 Å². The van der Waals surface area contributed by atoms with Crippen LogP contribution in [0.25, 0.3) is 0 Å². The van der Waals surface area contributed by atoms with Crippen molar-refractivity contribution >= 4 is 27.3 Å². The lowest BCUT2D eigenvalue weighted by Crippen LogP contribution is -2.39. The van der Waals surface area contributed by atoms with Crippen molar-refractivity contribution in [1.29, 1.82) is 0 Å². The number of benzene rings is 3. The normalized spacial score (nSPS) is 11.8. The van der Waals surface area contributed by atoms with Gasteiger partial charge in [0.1, 0.15) is 6.54 Å². The minimum absolute atomic E-state index is 0.121. The van der Waals surface area contributed by atoms with E-state index in [1.807, 2.05) is 56.3 Å². The molecule has 0 aliphatic carbocycles. The lowest BCUT2D eigenvalue weighted by molar-refractivity contribution is -0.119. The molecule has 1 amide bonds. The van der Waals surface area contributed by atoms with Gasteiger partial charge in [0.2, 0.25) is 0 Å². The molecular weight excluding hydrogens is 422 g/mol. The summed E-state index contributed by atoms with van der Waals surface area (Å²) in [6.07, 6.45) is 1.50. The zero-order valence-electron chi connectivity index (χ0n) is 18.2. The molecule has 0 aliphatic heterocycles. The molecule has 0 atom stereocenters. The predicted molar refractivity (Wildman–Crippen MR) is 128 cm³/mol. The van der Waals surface area contributed by atoms with E-state index in [9.17, 15) is 13.2 Å². The molecule has 0 saturated carbocycles. The Balaban J connectivity index is 1.73. The van der Waals surface area contributed by atoms with Gasteiger partial charge in [0.25, 0.3) is 15.9 Å². The van der Waals surface area contributed by atoms with Crippen LogP contribution >= 0.6 is 0 Å². The number of nitrogens with zero attached hydrogens (tertiary/aromatic N) is 2. The van der Waals surface area contributed by atoms with Crippen molar-refractivity contribution in [1.82, 2.24) is 5.43 Å². The van der Waals surface area contributed by atoms with Gasteiger partial charge in [-0.2, -0.15) is 5.10 Å². The molecule has 1 N–H and O–H groups in total. The first-order valence-corrected chi connectivity index (χ1v) is 11.8. The van der Waals surface area contributed by atoms with Crippen molar-refractivity contribution in [3.8, 4) is 0 Å². The van der Waals surface area contributed by atoms with Gasteiger partial charge in [0, 0.05) is 5.71 Å². The highest BCUT2D eigenvalue weighted by Crippen LogP contribution is 2.23. The minimum Gasteiger partial charge on any atom is -0.271 e. The SMILES string of the molecule is C/C(CCc1ccccc1)=N/NC(=O)CN(c1ccc(C)cc1)S(=O)(=O)c1ccccc1. The van der Waals surface area contributed by atoms with E-state index in [0.717, 1.165) is 22.0 Å². The summed E-state index contributed by atoms with van der Waals surface area (Å²) >= 11 is 0. The molecule has 0 heterocycles. The highest BCUT2D eigenvalue weighted by molar-refractivity contribution is 7.92. The van der Waals surface area contributed by atoms with E-state index >= 15 is 0 Å². The summed E-state index contributed by atoms with van der Waals surface area (Å²) in [5, 5.41) is 4.15. The van der Waals surface area contributed by atoms with E-state index in [1.165, 1.54) is 17.7 Å². The fraction of sp³-hybridized carbons (Fsp3) is 0.200. The third-order valence-electron chi connectivity index (χ3n) is 4.93. The maximum atomic E-state index is 13.3. The van der Waals surface area contributed by atoms with Gasteiger partial charge in [-0.25, -0.2) is 13.8 Å². The van der Waals surface area contributed by atoms with Crippen molar-refractivity contribution in [3.05, 3.63) is 96.1 Å². The second-order valence-corrected chi connectivity index (χ2v) is 9.39. The Labute approximate surface area is 189 Å². The largest absolute Gasteiger partial charge is 0.271 e. The molecule has 7 heteroatoms. The Morgan fingerprint density at radius 1 is 0.906 bits per heavy atom. The van der Waals surface area contributed by atoms with Crippen LogP contribution in [0.2, 0.25) is 0 Å². The zero-order chi connectivity index (χ0) is 23.0. The molecule has 6 nitrogen and oxygen atoms in total. The van der Waals surface area contributed by atoms with Crippen molar-refractivity contribution in [2.45, 2.75) is 31.6 Å². The Kier molecular flexibility index (Phi) is 7.78. The topological polar surface area (TPSA) is 78.8 Å². The summed E-state index contributed by atoms with van der Waals surface area (Å²) < 4.78 is 27.6. The second-order valence-electron chi connectivity index (χ2n) is 7.53. The molecule has 0 aliphatic rings. The molecule has 0 unspecified atom stereocenters. The van der Waals surface area contributed by atoms with Crippen LogP contribution in [0.4, 0.5) is 5.69 Å². The van der Waals surface area contributed by atoms with Crippen molar-refractivity contribution in [3.63, 3.8) is 0 Å². The summed E-state index contributed by atoms with van der Waals surface area (Å²) in [5.41, 5.74) is 5.85. The Bertz CT molecular complexity index is 1160. The monoisotopic (exact) mass is 449 g/mol. The number of aryl methyl sites for hydroxylation is 2. The van der Waals surface area contributed by atoms with Gasteiger partial charge in [-0.15, -0.1) is 0 Å². The van der Waals surface area contributed by atoms with Crippen LogP contribution in [0.15, 0.2) is 94.9 Å². The van der Waals surface area contributed by atoms with Gasteiger partial charge in [0.15, 0.2) is 0 Å². The first-order valence-electron chi connectivity index (χ1n) is 10.4. The second kappa shape index (κ2) is 10.7. The number of anilines is 1. The smallest absolute Gasteiger partial charge is 0.264 e. The zero-order valence-corrected chi connectivity index (χ0v) is 19.0. The molecular formula is C25H27N3O3S. The first-order chi connectivity index (χ1) is 15.4. The Morgan fingerprint density at radius 2 is 1.50 bits per heavy atom. The molecule has 0 saturated heterocycles. The highest BCUT2D eigenvalue weighted by Gasteiger charge is 2.27. The third kappa shape index (κ3) is 6.28. The summed E-state index contributed by atoms with van der Waals surface area (Å²) in [4.78, 5) is 12.7. The Morgan fingerprint density at radius 3 is 2.12 bits per heavy atom. The fourth-order valence-electron chi connectivity index (χ4n) is 3.10. The lowest BCUT2D eigenvalue weighted by Gasteiger charge is -2.23. The van der Waals surface area contributed by atoms with E-state index < -0.39 is 15.9 Å². The number of rotatable bonds is 9. The molecule has 3 aromatic carbocycles. The van der Waals surface area contributed by atoms with Gasteiger partial charge < -0.3 is 0 Å². The fourth-order valence-corrected chi connectivity index (χ4v) is 4.54. The molecule has 3 aromatic rings. The number of amides is 1. The molecule has 0 aromatic heterocycles. The van der Waals surface area contributed by atoms with Crippen LogP contribution in [0.5, 0.6) is 0 Å². The number of carbonyl (C=O) groups excluding carboxylic acids is 1. The molecule has 0 radical (unpaired) electrons. The standard InChI is InChI=1S/C25H27N3O3S/c1-20-13-17-23(18-14-20)28(32(30,31)24-11-7-4-8-12-24)19-25(29)27-26-21(2)15-16-22-9-5-3-6-10-22/h3-14,17-18H,15-16,19H2,1-2H3,(H,27,29)/b26-21-. The molecule has 32 heavy (non-hydrogen) atoms. The maximum Gasteiger partial charge on any atom is 0.264 e. The lowest BCUT2D eigenvalue weighted by atomic mass is 10.1. The summed E-state index contributed by atoms with van der Waals surface area (Å²) in [6, 6.07) is 25.1. The average molecular weight is 450 g/mol. The van der Waals surface area contributed by atoms with E-state index in [2.05, 4.69) is 10.5 Å². The third-order valence-corrected chi connectivity index (χ3v) is 6.72. The van der Waals surface area contributed by atoms with E-state index in [1.54, 1.807) is 30.3 Å². The van der Waals surface area contributed by atoms with E-state index in [-0.39, 0.29) is 11.4 Å². The highest BCUT2D eigenvalue weighted by atomic mass is 32.2. The summed E-state index contributed by atoms with van der Waals surface area (Å²) in [5.74, 6) is -0.510. The first kappa shape index (κ1) is 23.2. The number of hydrazone groups is 1. The quantitative estimate of drug-likeness (QED) is 0.390. The van der Waals surface area contributed by atoms with Gasteiger partial charge >= 0.3 is 0 Å². The van der Waals surface area contributed by atoms with Crippen LogP contribution in [0.1, 0.15) is 24.5 Å².